The molecule has 1 aliphatic rings. The summed E-state index contributed by atoms with van der Waals surface area (Å²) in [6.07, 6.45) is 2.68. The molecule has 4 rings (SSSR count). The summed E-state index contributed by atoms with van der Waals surface area (Å²) in [7, 11) is -3.56. The summed E-state index contributed by atoms with van der Waals surface area (Å²) in [6, 6.07) is 18.4. The molecule has 1 amide bonds. The van der Waals surface area contributed by atoms with Crippen molar-refractivity contribution in [3.8, 4) is 5.69 Å². The van der Waals surface area contributed by atoms with E-state index in [1.807, 2.05) is 42.6 Å². The van der Waals surface area contributed by atoms with Crippen molar-refractivity contribution in [2.45, 2.75) is 17.7 Å². The SMILES string of the molecule is O=C(CCN=C1NS(=O)(=O)c2ccccc21)NCCc1ccn(-c2ccccc2)n1. The molecule has 0 aliphatic carbocycles. The molecular weight excluding hydrogens is 402 g/mol. The summed E-state index contributed by atoms with van der Waals surface area (Å²) in [4.78, 5) is 16.5. The molecule has 2 N–H and O–H groups in total. The number of hydrogen-bond acceptors (Lipinski definition) is 5. The molecule has 1 aromatic heterocycles. The Hall–Kier alpha value is -3.46. The second-order valence-electron chi connectivity index (χ2n) is 6.77. The van der Waals surface area contributed by atoms with Crippen LogP contribution in [0.5, 0.6) is 0 Å². The molecule has 3 aromatic rings. The zero-order valence-electron chi connectivity index (χ0n) is 16.2. The van der Waals surface area contributed by atoms with Crippen LogP contribution in [0.4, 0.5) is 0 Å². The van der Waals surface area contributed by atoms with E-state index in [2.05, 4.69) is 20.1 Å². The predicted molar refractivity (Wildman–Crippen MR) is 113 cm³/mol. The van der Waals surface area contributed by atoms with Crippen molar-refractivity contribution in [1.29, 1.82) is 0 Å². The Bertz CT molecular complexity index is 1190. The molecule has 0 bridgehead atoms. The quantitative estimate of drug-likeness (QED) is 0.603. The first-order valence-electron chi connectivity index (χ1n) is 9.56. The molecule has 2 aromatic carbocycles. The lowest BCUT2D eigenvalue weighted by molar-refractivity contribution is -0.120. The van der Waals surface area contributed by atoms with E-state index in [-0.39, 0.29) is 29.6 Å². The minimum absolute atomic E-state index is 0.143. The molecule has 0 spiro atoms. The largest absolute Gasteiger partial charge is 0.356 e. The summed E-state index contributed by atoms with van der Waals surface area (Å²) in [5.74, 6) is 0.140. The fourth-order valence-electron chi connectivity index (χ4n) is 3.16. The van der Waals surface area contributed by atoms with Crippen molar-refractivity contribution in [3.63, 3.8) is 0 Å². The van der Waals surface area contributed by atoms with Gasteiger partial charge in [-0.3, -0.25) is 14.5 Å². The van der Waals surface area contributed by atoms with E-state index in [1.54, 1.807) is 22.9 Å². The number of amidine groups is 1. The Morgan fingerprint density at radius 2 is 1.83 bits per heavy atom. The number of benzene rings is 2. The van der Waals surface area contributed by atoms with Crippen molar-refractivity contribution >= 4 is 21.8 Å². The van der Waals surface area contributed by atoms with E-state index in [1.165, 1.54) is 6.07 Å². The molecule has 0 atom stereocenters. The molecule has 154 valence electrons. The molecule has 1 aliphatic heterocycles. The minimum atomic E-state index is -3.56. The number of carbonyl (C=O) groups excluding carboxylic acids is 1. The van der Waals surface area contributed by atoms with Crippen molar-refractivity contribution < 1.29 is 13.2 Å². The topological polar surface area (TPSA) is 105 Å². The van der Waals surface area contributed by atoms with E-state index in [4.69, 9.17) is 0 Å². The number of sulfonamides is 1. The van der Waals surface area contributed by atoms with Crippen LogP contribution in [0, 0.1) is 0 Å². The van der Waals surface area contributed by atoms with Crippen LogP contribution in [-0.2, 0) is 21.2 Å². The fourth-order valence-corrected chi connectivity index (χ4v) is 4.41. The van der Waals surface area contributed by atoms with Gasteiger partial charge in [0.1, 0.15) is 5.84 Å². The number of aromatic nitrogens is 2. The highest BCUT2D eigenvalue weighted by atomic mass is 32.2. The summed E-state index contributed by atoms with van der Waals surface area (Å²) in [6.45, 7) is 0.664. The molecule has 0 unspecified atom stereocenters. The van der Waals surface area contributed by atoms with Crippen molar-refractivity contribution in [2.75, 3.05) is 13.1 Å². The second-order valence-corrected chi connectivity index (χ2v) is 8.42. The fraction of sp³-hybridized carbons (Fsp3) is 0.190. The standard InChI is InChI=1S/C21H21N5O3S/c27-20(11-14-23-21-18-8-4-5-9-19(18)30(28,29)25-21)22-13-10-16-12-15-26(24-16)17-6-2-1-3-7-17/h1-9,12,15H,10-11,13-14H2,(H,22,27)(H,23,25). The minimum Gasteiger partial charge on any atom is -0.356 e. The number of nitrogens with one attached hydrogen (secondary N) is 2. The molecule has 9 heteroatoms. The van der Waals surface area contributed by atoms with Crippen LogP contribution >= 0.6 is 0 Å². The molecule has 0 fully saturated rings. The van der Waals surface area contributed by atoms with Gasteiger partial charge in [-0.05, 0) is 30.3 Å². The van der Waals surface area contributed by atoms with E-state index in [0.717, 1.165) is 11.4 Å². The third-order valence-corrected chi connectivity index (χ3v) is 6.04. The van der Waals surface area contributed by atoms with E-state index in [9.17, 15) is 13.2 Å². The third-order valence-electron chi connectivity index (χ3n) is 4.64. The average molecular weight is 423 g/mol. The van der Waals surface area contributed by atoms with Crippen LogP contribution in [0.2, 0.25) is 0 Å². The van der Waals surface area contributed by atoms with Gasteiger partial charge in [0.15, 0.2) is 0 Å². The molecule has 0 radical (unpaired) electrons. The average Bonchev–Trinajstić information content (AvgIpc) is 3.32. The maximum atomic E-state index is 12.1. The highest BCUT2D eigenvalue weighted by Crippen LogP contribution is 2.22. The molecule has 0 saturated heterocycles. The lowest BCUT2D eigenvalue weighted by atomic mass is 10.2. The summed E-state index contributed by atoms with van der Waals surface area (Å²) < 4.78 is 28.3. The summed E-state index contributed by atoms with van der Waals surface area (Å²) in [5.41, 5.74) is 2.40. The van der Waals surface area contributed by atoms with Gasteiger partial charge in [0, 0.05) is 31.1 Å². The molecule has 0 saturated carbocycles. The normalized spacial score (nSPS) is 15.5. The first kappa shape index (κ1) is 19.8. The van der Waals surface area contributed by atoms with Crippen LogP contribution in [-0.4, -0.2) is 43.0 Å². The molecular formula is C21H21N5O3S. The Balaban J connectivity index is 1.25. The number of nitrogens with zero attached hydrogens (tertiary/aromatic N) is 3. The number of hydrogen-bond donors (Lipinski definition) is 2. The first-order valence-corrected chi connectivity index (χ1v) is 11.0. The van der Waals surface area contributed by atoms with Gasteiger partial charge in [0.25, 0.3) is 10.0 Å². The van der Waals surface area contributed by atoms with Crippen LogP contribution in [0.1, 0.15) is 17.7 Å². The Labute approximate surface area is 174 Å². The summed E-state index contributed by atoms with van der Waals surface area (Å²) >= 11 is 0. The van der Waals surface area contributed by atoms with Crippen LogP contribution in [0.3, 0.4) is 0 Å². The van der Waals surface area contributed by atoms with Gasteiger partial charge < -0.3 is 5.32 Å². The van der Waals surface area contributed by atoms with Crippen molar-refractivity contribution in [1.82, 2.24) is 19.8 Å². The van der Waals surface area contributed by atoms with Gasteiger partial charge in [-0.2, -0.15) is 5.10 Å². The number of amides is 1. The van der Waals surface area contributed by atoms with Gasteiger partial charge in [0.2, 0.25) is 5.91 Å². The lowest BCUT2D eigenvalue weighted by Gasteiger charge is -2.04. The lowest BCUT2D eigenvalue weighted by Crippen LogP contribution is -2.27. The third kappa shape index (κ3) is 4.41. The highest BCUT2D eigenvalue weighted by molar-refractivity contribution is 7.90. The Kier molecular flexibility index (Phi) is 5.62. The maximum Gasteiger partial charge on any atom is 0.263 e. The zero-order chi connectivity index (χ0) is 21.0. The zero-order valence-corrected chi connectivity index (χ0v) is 17.0. The number of carbonyl (C=O) groups is 1. The van der Waals surface area contributed by atoms with Gasteiger partial charge in [0.05, 0.1) is 22.8 Å². The van der Waals surface area contributed by atoms with Gasteiger partial charge in [-0.15, -0.1) is 0 Å². The highest BCUT2D eigenvalue weighted by Gasteiger charge is 2.29. The predicted octanol–water partition coefficient (Wildman–Crippen LogP) is 1.66. The Morgan fingerprint density at radius 1 is 1.07 bits per heavy atom. The number of fused-ring (bicyclic) bond motifs is 1. The van der Waals surface area contributed by atoms with Gasteiger partial charge >= 0.3 is 0 Å². The molecule has 2 heterocycles. The van der Waals surface area contributed by atoms with Crippen LogP contribution in [0.25, 0.3) is 5.69 Å². The summed E-state index contributed by atoms with van der Waals surface area (Å²) in [5, 5.41) is 7.35. The second kappa shape index (κ2) is 8.50. The van der Waals surface area contributed by atoms with Crippen LogP contribution in [0.15, 0.2) is 76.7 Å². The van der Waals surface area contributed by atoms with E-state index in [0.29, 0.717) is 18.5 Å². The number of para-hydroxylation sites is 1. The van der Waals surface area contributed by atoms with E-state index < -0.39 is 10.0 Å². The monoisotopic (exact) mass is 423 g/mol. The molecule has 8 nitrogen and oxygen atoms in total. The smallest absolute Gasteiger partial charge is 0.263 e. The van der Waals surface area contributed by atoms with Crippen molar-refractivity contribution in [2.24, 2.45) is 4.99 Å². The van der Waals surface area contributed by atoms with Gasteiger partial charge in [-0.1, -0.05) is 30.3 Å². The van der Waals surface area contributed by atoms with Gasteiger partial charge in [-0.25, -0.2) is 13.1 Å². The first-order chi connectivity index (χ1) is 14.5. The van der Waals surface area contributed by atoms with E-state index >= 15 is 0 Å². The molecule has 30 heavy (non-hydrogen) atoms. The number of aliphatic imine (C=N–C) groups is 1. The number of rotatable bonds is 7. The Morgan fingerprint density at radius 3 is 2.67 bits per heavy atom. The maximum absolute atomic E-state index is 12.1. The van der Waals surface area contributed by atoms with Crippen molar-refractivity contribution in [3.05, 3.63) is 78.1 Å². The van der Waals surface area contributed by atoms with Crippen LogP contribution < -0.4 is 10.0 Å².